The molecule has 3 rings (SSSR count). The summed E-state index contributed by atoms with van der Waals surface area (Å²) < 4.78 is 67.8. The number of alkyl halides is 3. The minimum absolute atomic E-state index is 0.0484. The van der Waals surface area contributed by atoms with Gasteiger partial charge in [0.2, 0.25) is 6.54 Å². The van der Waals surface area contributed by atoms with E-state index in [0.717, 1.165) is 25.7 Å². The Bertz CT molecular complexity index is 1550. The van der Waals surface area contributed by atoms with E-state index in [1.165, 1.54) is 54.2 Å². The summed E-state index contributed by atoms with van der Waals surface area (Å²) in [6.07, 6.45) is 5.67. The van der Waals surface area contributed by atoms with E-state index < -0.39 is 22.1 Å². The summed E-state index contributed by atoms with van der Waals surface area (Å²) in [6, 6.07) is 12.4. The molecule has 0 radical (unpaired) electrons. The Morgan fingerprint density at radius 3 is 2.00 bits per heavy atom. The molecule has 1 aromatic heterocycles. The number of benzene rings is 2. The quantitative estimate of drug-likeness (QED) is 0.111. The number of unbranched alkanes of at least 4 members (excludes halogenated alkanes) is 2. The number of anilines is 3. The van der Waals surface area contributed by atoms with Gasteiger partial charge in [0.1, 0.15) is 0 Å². The molecule has 13 heteroatoms. The van der Waals surface area contributed by atoms with Gasteiger partial charge in [-0.3, -0.25) is 25.2 Å². The van der Waals surface area contributed by atoms with Crippen LogP contribution >= 0.6 is 0 Å². The second-order valence-corrected chi connectivity index (χ2v) is 12.6. The summed E-state index contributed by atoms with van der Waals surface area (Å²) in [6.45, 7) is 7.80. The van der Waals surface area contributed by atoms with Crippen LogP contribution in [0.15, 0.2) is 65.8 Å². The number of rotatable bonds is 15. The van der Waals surface area contributed by atoms with E-state index in [9.17, 15) is 31.2 Å². The number of amides is 2. The van der Waals surface area contributed by atoms with E-state index in [1.807, 2.05) is 12.4 Å². The molecule has 4 N–H and O–H groups in total. The van der Waals surface area contributed by atoms with Gasteiger partial charge in [-0.15, -0.1) is 0 Å². The molecule has 2 aromatic carbocycles. The fraction of sp³-hybridized carbons (Fsp3) is 0.406. The van der Waals surface area contributed by atoms with E-state index in [0.29, 0.717) is 22.7 Å². The van der Waals surface area contributed by atoms with E-state index in [2.05, 4.69) is 41.4 Å². The highest BCUT2D eigenvalue weighted by Crippen LogP contribution is 2.29. The summed E-state index contributed by atoms with van der Waals surface area (Å²) in [5, 5.41) is 2.86. The van der Waals surface area contributed by atoms with Crippen LogP contribution in [-0.2, 0) is 26.2 Å². The molecule has 2 amide bonds. The molecule has 0 spiro atoms. The van der Waals surface area contributed by atoms with Crippen molar-refractivity contribution < 1.29 is 35.7 Å². The number of carbonyl (C=O) groups excluding carboxylic acids is 2. The van der Waals surface area contributed by atoms with Crippen LogP contribution in [-0.4, -0.2) is 26.4 Å². The molecule has 0 aliphatic heterocycles. The summed E-state index contributed by atoms with van der Waals surface area (Å²) in [7, 11) is -4.11. The van der Waals surface area contributed by atoms with Crippen molar-refractivity contribution in [2.75, 3.05) is 15.5 Å². The minimum Gasteiger partial charge on any atom is -0.320 e. The Hall–Kier alpha value is -4.13. The van der Waals surface area contributed by atoms with Gasteiger partial charge in [0, 0.05) is 23.5 Å². The van der Waals surface area contributed by atoms with Crippen LogP contribution in [0.4, 0.5) is 30.2 Å². The van der Waals surface area contributed by atoms with E-state index >= 15 is 0 Å². The molecule has 0 aliphatic carbocycles. The Morgan fingerprint density at radius 1 is 0.867 bits per heavy atom. The maximum Gasteiger partial charge on any atom is 0.472 e. The maximum atomic E-state index is 13.3. The average Bonchev–Trinajstić information content (AvgIpc) is 2.98. The largest absolute Gasteiger partial charge is 0.472 e. The number of hydrazine groups is 1. The van der Waals surface area contributed by atoms with Crippen molar-refractivity contribution in [3.05, 3.63) is 77.6 Å². The van der Waals surface area contributed by atoms with E-state index in [1.54, 1.807) is 24.5 Å². The first-order valence-corrected chi connectivity index (χ1v) is 16.4. The molecule has 244 valence electrons. The number of aryl methyl sites for hydroxylation is 1. The fourth-order valence-corrected chi connectivity index (χ4v) is 6.22. The highest BCUT2D eigenvalue weighted by Gasteiger charge is 2.38. The third-order valence-electron chi connectivity index (χ3n) is 7.42. The number of nitrogens with zero attached hydrogens (tertiary/aromatic N) is 1. The molecule has 1 heterocycles. The maximum absolute atomic E-state index is 13.3. The number of sulfonamides is 1. The van der Waals surface area contributed by atoms with Crippen LogP contribution in [0, 0.1) is 13.8 Å². The SMILES string of the molecule is CCCCC(CCCC)c1cc[n+](CC(=O)Nc2c(C)ccc(S(=O)(=O)Nc3ccc(NNC(=O)C(F)(F)F)cc3)c2C)cc1. The Balaban J connectivity index is 1.68. The lowest BCUT2D eigenvalue weighted by molar-refractivity contribution is -0.684. The number of halogens is 3. The Morgan fingerprint density at radius 2 is 1.44 bits per heavy atom. The zero-order valence-electron chi connectivity index (χ0n) is 25.9. The lowest BCUT2D eigenvalue weighted by Gasteiger charge is -2.17. The van der Waals surface area contributed by atoms with E-state index in [4.69, 9.17) is 0 Å². The van der Waals surface area contributed by atoms with Crippen LogP contribution in [0.1, 0.15) is 75.0 Å². The van der Waals surface area contributed by atoms with E-state index in [-0.39, 0.29) is 28.7 Å². The molecule has 0 saturated heterocycles. The Labute approximate surface area is 262 Å². The predicted octanol–water partition coefficient (Wildman–Crippen LogP) is 6.50. The molecule has 0 aliphatic rings. The molecule has 45 heavy (non-hydrogen) atoms. The zero-order valence-corrected chi connectivity index (χ0v) is 26.7. The van der Waals surface area contributed by atoms with Gasteiger partial charge in [-0.1, -0.05) is 45.6 Å². The summed E-state index contributed by atoms with van der Waals surface area (Å²) >= 11 is 0. The zero-order chi connectivity index (χ0) is 33.2. The van der Waals surface area contributed by atoms with Gasteiger partial charge in [0.25, 0.3) is 15.9 Å². The summed E-state index contributed by atoms with van der Waals surface area (Å²) in [4.78, 5) is 23.9. The molecule has 0 unspecified atom stereocenters. The van der Waals surface area contributed by atoms with Gasteiger partial charge in [-0.2, -0.15) is 17.7 Å². The first-order valence-electron chi connectivity index (χ1n) is 14.9. The van der Waals surface area contributed by atoms with Crippen LogP contribution in [0.3, 0.4) is 0 Å². The van der Waals surface area contributed by atoms with Gasteiger partial charge < -0.3 is 5.32 Å². The molecular formula is C32H41F3N5O4S+. The molecular weight excluding hydrogens is 607 g/mol. The van der Waals surface area contributed by atoms with Gasteiger partial charge in [-0.25, -0.2) is 8.42 Å². The third-order valence-corrected chi connectivity index (χ3v) is 8.95. The monoisotopic (exact) mass is 648 g/mol. The van der Waals surface area contributed by atoms with Crippen LogP contribution in [0.2, 0.25) is 0 Å². The summed E-state index contributed by atoms with van der Waals surface area (Å²) in [5.41, 5.74) is 6.56. The predicted molar refractivity (Wildman–Crippen MR) is 168 cm³/mol. The van der Waals surface area contributed by atoms with Gasteiger partial charge in [0.15, 0.2) is 12.4 Å². The average molecular weight is 649 g/mol. The number of hydrogen-bond acceptors (Lipinski definition) is 5. The number of aromatic nitrogens is 1. The number of pyridine rings is 1. The molecule has 0 bridgehead atoms. The Kier molecular flexibility index (Phi) is 12.4. The first kappa shape index (κ1) is 35.4. The van der Waals surface area contributed by atoms with Crippen molar-refractivity contribution >= 4 is 38.9 Å². The fourth-order valence-electron chi connectivity index (χ4n) is 4.91. The second kappa shape index (κ2) is 15.7. The number of nitrogens with one attached hydrogen (secondary N) is 4. The topological polar surface area (TPSA) is 120 Å². The van der Waals surface area contributed by atoms with Crippen molar-refractivity contribution in [2.45, 2.75) is 89.8 Å². The van der Waals surface area contributed by atoms with Crippen molar-refractivity contribution in [2.24, 2.45) is 0 Å². The number of carbonyl (C=O) groups is 2. The highest BCUT2D eigenvalue weighted by molar-refractivity contribution is 7.92. The number of hydrogen-bond donors (Lipinski definition) is 4. The van der Waals surface area contributed by atoms with Crippen molar-refractivity contribution in [3.8, 4) is 0 Å². The van der Waals surface area contributed by atoms with Gasteiger partial charge in [-0.05, 0) is 79.6 Å². The molecule has 0 atom stereocenters. The third kappa shape index (κ3) is 10.2. The van der Waals surface area contributed by atoms with Gasteiger partial charge >= 0.3 is 12.1 Å². The molecule has 0 fully saturated rings. The first-order chi connectivity index (χ1) is 21.2. The minimum atomic E-state index is -5.05. The highest BCUT2D eigenvalue weighted by atomic mass is 32.2. The smallest absolute Gasteiger partial charge is 0.320 e. The van der Waals surface area contributed by atoms with Crippen LogP contribution in [0.5, 0.6) is 0 Å². The lowest BCUT2D eigenvalue weighted by Crippen LogP contribution is -2.40. The normalized spacial score (nSPS) is 11.7. The van der Waals surface area contributed by atoms with Gasteiger partial charge in [0.05, 0.1) is 10.6 Å². The van der Waals surface area contributed by atoms with Crippen molar-refractivity contribution in [3.63, 3.8) is 0 Å². The van der Waals surface area contributed by atoms with Crippen molar-refractivity contribution in [1.29, 1.82) is 0 Å². The second-order valence-electron chi connectivity index (χ2n) is 11.0. The standard InChI is InChI=1S/C32H40F3N5O4S/c1-5-7-9-24(10-8-6-2)25-17-19-40(20-18-25)21-29(41)36-30-22(3)11-16-28(23(30)4)45(43,44)39-27-14-12-26(13-15-27)37-38-31(42)32(33,34)35/h11-20,24,37,39H,5-10,21H2,1-4H3,(H-,36,38,41,42)/p+1. The molecule has 3 aromatic rings. The molecule has 0 saturated carbocycles. The summed E-state index contributed by atoms with van der Waals surface area (Å²) in [5.74, 6) is -1.98. The lowest BCUT2D eigenvalue weighted by atomic mass is 9.90. The van der Waals surface area contributed by atoms with Crippen LogP contribution in [0.25, 0.3) is 0 Å². The van der Waals surface area contributed by atoms with Crippen LogP contribution < -0.4 is 25.5 Å². The molecule has 9 nitrogen and oxygen atoms in total. The van der Waals surface area contributed by atoms with Crippen molar-refractivity contribution in [1.82, 2.24) is 5.43 Å².